The van der Waals surface area contributed by atoms with Crippen molar-refractivity contribution < 1.29 is 10.2 Å². The Morgan fingerprint density at radius 2 is 1.94 bits per heavy atom. The van der Waals surface area contributed by atoms with Gasteiger partial charge in [-0.15, -0.1) is 0 Å². The van der Waals surface area contributed by atoms with Crippen LogP contribution in [0.4, 0.5) is 0 Å². The Morgan fingerprint density at radius 1 is 1.19 bits per heavy atom. The molecule has 3 aliphatic rings. The molecule has 0 amide bonds. The lowest BCUT2D eigenvalue weighted by molar-refractivity contribution is 0.00165. The smallest absolute Gasteiger partial charge is 0.0984 e. The Morgan fingerprint density at radius 3 is 2.69 bits per heavy atom. The van der Waals surface area contributed by atoms with Crippen LogP contribution in [-0.2, 0) is 0 Å². The lowest BCUT2D eigenvalue weighted by atomic mass is 9.69. The molecule has 0 aromatic carbocycles. The zero-order chi connectivity index (χ0) is 11.1. The van der Waals surface area contributed by atoms with Gasteiger partial charge in [0.2, 0.25) is 0 Å². The minimum absolute atomic E-state index is 0.0472. The van der Waals surface area contributed by atoms with Crippen molar-refractivity contribution in [3.63, 3.8) is 0 Å². The minimum Gasteiger partial charge on any atom is -0.512 e. The van der Waals surface area contributed by atoms with Crippen molar-refractivity contribution in [2.75, 3.05) is 19.7 Å². The lowest BCUT2D eigenvalue weighted by Gasteiger charge is -2.51. The van der Waals surface area contributed by atoms with Crippen molar-refractivity contribution in [2.45, 2.75) is 38.1 Å². The van der Waals surface area contributed by atoms with Crippen LogP contribution in [0.3, 0.4) is 0 Å². The first kappa shape index (κ1) is 10.6. The summed E-state index contributed by atoms with van der Waals surface area (Å²) in [5, 5.41) is 19.5. The van der Waals surface area contributed by atoms with Crippen LogP contribution < -0.4 is 0 Å². The summed E-state index contributed by atoms with van der Waals surface area (Å²) < 4.78 is 0. The Bertz CT molecular complexity index is 311. The van der Waals surface area contributed by atoms with Crippen molar-refractivity contribution in [3.8, 4) is 0 Å². The summed E-state index contributed by atoms with van der Waals surface area (Å²) in [7, 11) is 0. The van der Waals surface area contributed by atoms with Gasteiger partial charge in [0.05, 0.1) is 12.4 Å². The van der Waals surface area contributed by atoms with E-state index in [1.807, 2.05) is 0 Å². The first-order valence-corrected chi connectivity index (χ1v) is 6.57. The van der Waals surface area contributed by atoms with Crippen molar-refractivity contribution in [1.29, 1.82) is 0 Å². The van der Waals surface area contributed by atoms with Gasteiger partial charge in [0.15, 0.2) is 0 Å². The van der Waals surface area contributed by atoms with E-state index in [9.17, 15) is 10.2 Å². The van der Waals surface area contributed by atoms with Gasteiger partial charge in [-0.05, 0) is 56.7 Å². The van der Waals surface area contributed by atoms with Crippen LogP contribution in [0, 0.1) is 11.8 Å². The van der Waals surface area contributed by atoms with E-state index in [1.54, 1.807) is 0 Å². The highest BCUT2D eigenvalue weighted by Gasteiger charge is 2.44. The van der Waals surface area contributed by atoms with Gasteiger partial charge in [0, 0.05) is 12.0 Å². The zero-order valence-electron chi connectivity index (χ0n) is 9.73. The summed E-state index contributed by atoms with van der Waals surface area (Å²) in [6.45, 7) is 2.46. The first-order chi connectivity index (χ1) is 7.81. The first-order valence-electron chi connectivity index (χ1n) is 6.57. The molecule has 0 aromatic heterocycles. The number of piperidine rings is 2. The fraction of sp³-hybridized carbons (Fsp3) is 0.846. The van der Waals surface area contributed by atoms with Crippen LogP contribution in [0.25, 0.3) is 0 Å². The molecule has 2 aliphatic heterocycles. The predicted molar refractivity (Wildman–Crippen MR) is 62.2 cm³/mol. The standard InChI is InChI=1S/C13H21NO2/c15-8-10-7-9-3-1-5-14-6-2-4-11(12(9)14)13(10)16/h9,11-12,15-16H,1-8H2. The van der Waals surface area contributed by atoms with Gasteiger partial charge < -0.3 is 10.2 Å². The Labute approximate surface area is 96.8 Å². The Balaban J connectivity index is 1.94. The molecule has 0 radical (unpaired) electrons. The molecule has 0 bridgehead atoms. The van der Waals surface area contributed by atoms with Crippen LogP contribution in [0.15, 0.2) is 11.3 Å². The summed E-state index contributed by atoms with van der Waals surface area (Å²) in [6, 6.07) is 0.567. The molecule has 2 fully saturated rings. The summed E-state index contributed by atoms with van der Waals surface area (Å²) in [6.07, 6.45) is 5.77. The van der Waals surface area contributed by atoms with Gasteiger partial charge in [-0.1, -0.05) is 0 Å². The highest BCUT2D eigenvalue weighted by Crippen LogP contribution is 2.44. The van der Waals surface area contributed by atoms with E-state index < -0.39 is 0 Å². The molecule has 2 N–H and O–H groups in total. The van der Waals surface area contributed by atoms with Gasteiger partial charge >= 0.3 is 0 Å². The molecule has 1 aliphatic carbocycles. The van der Waals surface area contributed by atoms with Gasteiger partial charge in [-0.25, -0.2) is 0 Å². The average molecular weight is 223 g/mol. The molecule has 0 spiro atoms. The molecule has 90 valence electrons. The Hall–Kier alpha value is -0.540. The van der Waals surface area contributed by atoms with Crippen LogP contribution in [-0.4, -0.2) is 40.9 Å². The predicted octanol–water partition coefficient (Wildman–Crippen LogP) is 1.69. The third kappa shape index (κ3) is 1.49. The number of hydrogen-bond acceptors (Lipinski definition) is 3. The third-order valence-electron chi connectivity index (χ3n) is 4.71. The summed E-state index contributed by atoms with van der Waals surface area (Å²) in [5.41, 5.74) is 0.912. The van der Waals surface area contributed by atoms with Gasteiger partial charge in [0.25, 0.3) is 0 Å². The third-order valence-corrected chi connectivity index (χ3v) is 4.71. The molecule has 3 unspecified atom stereocenters. The topological polar surface area (TPSA) is 43.7 Å². The quantitative estimate of drug-likeness (QED) is 0.711. The van der Waals surface area contributed by atoms with Gasteiger partial charge in [-0.2, -0.15) is 0 Å². The average Bonchev–Trinajstić information content (AvgIpc) is 2.33. The van der Waals surface area contributed by atoms with Crippen molar-refractivity contribution in [3.05, 3.63) is 11.3 Å². The number of rotatable bonds is 1. The number of nitrogens with zero attached hydrogens (tertiary/aromatic N) is 1. The highest BCUT2D eigenvalue weighted by molar-refractivity contribution is 5.21. The van der Waals surface area contributed by atoms with Crippen LogP contribution in [0.2, 0.25) is 0 Å². The largest absolute Gasteiger partial charge is 0.512 e. The maximum atomic E-state index is 10.2. The molecule has 0 aromatic rings. The maximum Gasteiger partial charge on any atom is 0.0984 e. The van der Waals surface area contributed by atoms with E-state index in [1.165, 1.54) is 32.4 Å². The summed E-state index contributed by atoms with van der Waals surface area (Å²) in [5.74, 6) is 1.52. The molecule has 3 heteroatoms. The van der Waals surface area contributed by atoms with Crippen LogP contribution in [0.1, 0.15) is 32.1 Å². The van der Waals surface area contributed by atoms with Crippen molar-refractivity contribution >= 4 is 0 Å². The second-order valence-corrected chi connectivity index (χ2v) is 5.53. The van der Waals surface area contributed by atoms with E-state index >= 15 is 0 Å². The van der Waals surface area contributed by atoms with Crippen LogP contribution >= 0.6 is 0 Å². The second kappa shape index (κ2) is 4.04. The molecule has 2 heterocycles. The van der Waals surface area contributed by atoms with Gasteiger partial charge in [0.1, 0.15) is 0 Å². The molecular formula is C13H21NO2. The lowest BCUT2D eigenvalue weighted by Crippen LogP contribution is -2.55. The molecule has 3 nitrogen and oxygen atoms in total. The van der Waals surface area contributed by atoms with E-state index in [-0.39, 0.29) is 6.61 Å². The SMILES string of the molecule is OCC1=C(O)C2CCCN3CCCC(C1)C23. The zero-order valence-corrected chi connectivity index (χ0v) is 9.73. The van der Waals surface area contributed by atoms with Crippen LogP contribution in [0.5, 0.6) is 0 Å². The van der Waals surface area contributed by atoms with E-state index in [4.69, 9.17) is 0 Å². The van der Waals surface area contributed by atoms with Crippen molar-refractivity contribution in [1.82, 2.24) is 4.90 Å². The Kier molecular flexibility index (Phi) is 2.68. The number of hydrogen-bond donors (Lipinski definition) is 2. The summed E-state index contributed by atoms with van der Waals surface area (Å²) in [4.78, 5) is 2.58. The molecule has 3 rings (SSSR count). The molecule has 2 saturated heterocycles. The minimum atomic E-state index is 0.0472. The molecule has 3 atom stereocenters. The van der Waals surface area contributed by atoms with E-state index in [0.29, 0.717) is 23.6 Å². The molecular weight excluding hydrogens is 202 g/mol. The molecule has 16 heavy (non-hydrogen) atoms. The van der Waals surface area contributed by atoms with E-state index in [0.717, 1.165) is 18.4 Å². The summed E-state index contributed by atoms with van der Waals surface area (Å²) >= 11 is 0. The monoisotopic (exact) mass is 223 g/mol. The van der Waals surface area contributed by atoms with Gasteiger partial charge in [-0.3, -0.25) is 4.90 Å². The number of aliphatic hydroxyl groups is 2. The second-order valence-electron chi connectivity index (χ2n) is 5.53. The highest BCUT2D eigenvalue weighted by atomic mass is 16.3. The fourth-order valence-electron chi connectivity index (χ4n) is 4.05. The fourth-order valence-corrected chi connectivity index (χ4v) is 4.05. The normalized spacial score (nSPS) is 39.7. The van der Waals surface area contributed by atoms with Crippen molar-refractivity contribution in [2.24, 2.45) is 11.8 Å². The van der Waals surface area contributed by atoms with E-state index in [2.05, 4.69) is 4.90 Å². The number of aliphatic hydroxyl groups excluding tert-OH is 2. The molecule has 0 saturated carbocycles. The maximum absolute atomic E-state index is 10.2.